The first-order chi connectivity index (χ1) is 10.2. The number of hydrogen-bond acceptors (Lipinski definition) is 2. The van der Waals surface area contributed by atoms with Gasteiger partial charge in [-0.1, -0.05) is 51.5 Å². The van der Waals surface area contributed by atoms with Crippen LogP contribution in [0.5, 0.6) is 0 Å². The molecule has 0 aliphatic rings. The fourth-order valence-corrected chi connectivity index (χ4v) is 2.69. The second-order valence-electron chi connectivity index (χ2n) is 6.04. The third-order valence-corrected chi connectivity index (χ3v) is 4.57. The number of hydrogen-bond donors (Lipinski definition) is 1. The van der Waals surface area contributed by atoms with Gasteiger partial charge in [0.05, 0.1) is 0 Å². The fraction of sp³-hybridized carbons (Fsp3) is 0.684. The lowest BCUT2D eigenvalue weighted by atomic mass is 10.0. The van der Waals surface area contributed by atoms with E-state index in [1.165, 1.54) is 36.9 Å². The fourth-order valence-electron chi connectivity index (χ4n) is 2.69. The van der Waals surface area contributed by atoms with Crippen molar-refractivity contribution in [2.45, 2.75) is 65.5 Å². The van der Waals surface area contributed by atoms with Crippen molar-refractivity contribution in [1.29, 1.82) is 0 Å². The number of nitrogens with one attached hydrogen (secondary N) is 1. The zero-order valence-corrected chi connectivity index (χ0v) is 14.7. The first-order valence-corrected chi connectivity index (χ1v) is 8.66. The van der Waals surface area contributed by atoms with Crippen LogP contribution in [-0.4, -0.2) is 31.1 Å². The maximum absolute atomic E-state index is 3.50. The first-order valence-electron chi connectivity index (χ1n) is 8.66. The molecule has 0 saturated heterocycles. The zero-order valence-electron chi connectivity index (χ0n) is 14.7. The second kappa shape index (κ2) is 9.97. The van der Waals surface area contributed by atoms with Crippen LogP contribution in [0.3, 0.4) is 0 Å². The molecule has 120 valence electrons. The van der Waals surface area contributed by atoms with Crippen LogP contribution in [0.2, 0.25) is 0 Å². The smallest absolute Gasteiger partial charge is 0.0446 e. The SMILES string of the molecule is CCCCN(CC(NC)c1ccc(CC)cc1)C(C)CC. The lowest BCUT2D eigenvalue weighted by Gasteiger charge is -2.32. The minimum Gasteiger partial charge on any atom is -0.312 e. The van der Waals surface area contributed by atoms with E-state index < -0.39 is 0 Å². The summed E-state index contributed by atoms with van der Waals surface area (Å²) in [6, 6.07) is 10.2. The van der Waals surface area contributed by atoms with E-state index >= 15 is 0 Å². The summed E-state index contributed by atoms with van der Waals surface area (Å²) in [5.74, 6) is 0. The highest BCUT2D eigenvalue weighted by atomic mass is 15.2. The molecule has 1 rings (SSSR count). The third kappa shape index (κ3) is 5.80. The number of likely N-dealkylation sites (N-methyl/N-ethyl adjacent to an activating group) is 1. The molecule has 1 N–H and O–H groups in total. The summed E-state index contributed by atoms with van der Waals surface area (Å²) in [5.41, 5.74) is 2.82. The molecule has 1 aromatic rings. The Morgan fingerprint density at radius 2 is 1.76 bits per heavy atom. The van der Waals surface area contributed by atoms with Crippen molar-refractivity contribution in [2.75, 3.05) is 20.1 Å². The minimum absolute atomic E-state index is 0.418. The molecule has 0 amide bonds. The normalized spacial score (nSPS) is 14.4. The van der Waals surface area contributed by atoms with E-state index in [1.54, 1.807) is 0 Å². The molecule has 0 fully saturated rings. The number of benzene rings is 1. The van der Waals surface area contributed by atoms with Gasteiger partial charge in [0.2, 0.25) is 0 Å². The van der Waals surface area contributed by atoms with E-state index in [0.29, 0.717) is 12.1 Å². The molecule has 0 saturated carbocycles. The average Bonchev–Trinajstić information content (AvgIpc) is 2.54. The van der Waals surface area contributed by atoms with Gasteiger partial charge in [-0.25, -0.2) is 0 Å². The molecule has 2 atom stereocenters. The standard InChI is InChI=1S/C19H34N2/c1-6-9-14-21(16(4)7-2)15-19(20-5)18-12-10-17(8-3)11-13-18/h10-13,16,19-20H,6-9,14-15H2,1-5H3. The van der Waals surface area contributed by atoms with Gasteiger partial charge < -0.3 is 5.32 Å². The lowest BCUT2D eigenvalue weighted by molar-refractivity contribution is 0.182. The van der Waals surface area contributed by atoms with Gasteiger partial charge >= 0.3 is 0 Å². The van der Waals surface area contributed by atoms with Crippen molar-refractivity contribution in [1.82, 2.24) is 10.2 Å². The van der Waals surface area contributed by atoms with Crippen LogP contribution in [0.1, 0.15) is 64.1 Å². The van der Waals surface area contributed by atoms with Crippen LogP contribution >= 0.6 is 0 Å². The lowest BCUT2D eigenvalue weighted by Crippen LogP contribution is -2.39. The van der Waals surface area contributed by atoms with Crippen molar-refractivity contribution in [3.8, 4) is 0 Å². The van der Waals surface area contributed by atoms with Crippen LogP contribution in [0.4, 0.5) is 0 Å². The summed E-state index contributed by atoms with van der Waals surface area (Å²) in [5, 5.41) is 3.50. The molecule has 2 nitrogen and oxygen atoms in total. The Kier molecular flexibility index (Phi) is 8.63. The van der Waals surface area contributed by atoms with Crippen molar-refractivity contribution >= 4 is 0 Å². The molecule has 21 heavy (non-hydrogen) atoms. The molecule has 2 heteroatoms. The Balaban J connectivity index is 2.75. The number of unbranched alkanes of at least 4 members (excludes halogenated alkanes) is 1. The zero-order chi connectivity index (χ0) is 15.7. The highest BCUT2D eigenvalue weighted by molar-refractivity contribution is 5.25. The predicted octanol–water partition coefficient (Wildman–Crippen LogP) is 4.41. The molecule has 0 radical (unpaired) electrons. The molecular formula is C19H34N2. The predicted molar refractivity (Wildman–Crippen MR) is 93.9 cm³/mol. The van der Waals surface area contributed by atoms with Gasteiger partial charge in [0.1, 0.15) is 0 Å². The Hall–Kier alpha value is -0.860. The van der Waals surface area contributed by atoms with Crippen LogP contribution in [0, 0.1) is 0 Å². The molecule has 0 spiro atoms. The highest BCUT2D eigenvalue weighted by Crippen LogP contribution is 2.18. The van der Waals surface area contributed by atoms with Gasteiger partial charge in [0.15, 0.2) is 0 Å². The molecule has 0 aliphatic carbocycles. The Morgan fingerprint density at radius 3 is 2.24 bits per heavy atom. The van der Waals surface area contributed by atoms with Crippen LogP contribution in [0.25, 0.3) is 0 Å². The number of rotatable bonds is 10. The maximum atomic E-state index is 3.50. The molecule has 1 aromatic carbocycles. The Bertz CT molecular complexity index is 372. The van der Waals surface area contributed by atoms with E-state index in [4.69, 9.17) is 0 Å². The van der Waals surface area contributed by atoms with Gasteiger partial charge in [-0.2, -0.15) is 0 Å². The monoisotopic (exact) mass is 290 g/mol. The maximum Gasteiger partial charge on any atom is 0.0446 e. The molecule has 0 heterocycles. The van der Waals surface area contributed by atoms with Gasteiger partial charge in [0.25, 0.3) is 0 Å². The average molecular weight is 290 g/mol. The van der Waals surface area contributed by atoms with Crippen LogP contribution < -0.4 is 5.32 Å². The summed E-state index contributed by atoms with van der Waals surface area (Å²) in [4.78, 5) is 2.64. The molecule has 2 unspecified atom stereocenters. The topological polar surface area (TPSA) is 15.3 Å². The van der Waals surface area contributed by atoms with E-state index in [0.717, 1.165) is 13.0 Å². The summed E-state index contributed by atoms with van der Waals surface area (Å²) in [7, 11) is 2.08. The summed E-state index contributed by atoms with van der Waals surface area (Å²) >= 11 is 0. The largest absolute Gasteiger partial charge is 0.312 e. The quantitative estimate of drug-likeness (QED) is 0.686. The summed E-state index contributed by atoms with van der Waals surface area (Å²) in [6.07, 6.45) is 4.88. The molecule has 0 aliphatic heterocycles. The van der Waals surface area contributed by atoms with E-state index in [9.17, 15) is 0 Å². The van der Waals surface area contributed by atoms with Crippen molar-refractivity contribution in [2.24, 2.45) is 0 Å². The van der Waals surface area contributed by atoms with Crippen LogP contribution in [-0.2, 0) is 6.42 Å². The van der Waals surface area contributed by atoms with Gasteiger partial charge in [0, 0.05) is 18.6 Å². The molecule has 0 bridgehead atoms. The van der Waals surface area contributed by atoms with E-state index in [1.807, 2.05) is 0 Å². The Labute approximate surface area is 131 Å². The van der Waals surface area contributed by atoms with Gasteiger partial charge in [-0.05, 0) is 50.9 Å². The Morgan fingerprint density at radius 1 is 1.10 bits per heavy atom. The summed E-state index contributed by atoms with van der Waals surface area (Å²) in [6.45, 7) is 11.4. The van der Waals surface area contributed by atoms with Gasteiger partial charge in [-0.3, -0.25) is 4.90 Å². The van der Waals surface area contributed by atoms with Gasteiger partial charge in [-0.15, -0.1) is 0 Å². The first kappa shape index (κ1) is 18.2. The highest BCUT2D eigenvalue weighted by Gasteiger charge is 2.17. The molecule has 0 aromatic heterocycles. The van der Waals surface area contributed by atoms with E-state index in [-0.39, 0.29) is 0 Å². The third-order valence-electron chi connectivity index (χ3n) is 4.57. The molecular weight excluding hydrogens is 256 g/mol. The van der Waals surface area contributed by atoms with E-state index in [2.05, 4.69) is 69.2 Å². The van der Waals surface area contributed by atoms with Crippen LogP contribution in [0.15, 0.2) is 24.3 Å². The number of aryl methyl sites for hydroxylation is 1. The van der Waals surface area contributed by atoms with Crippen molar-refractivity contribution in [3.05, 3.63) is 35.4 Å². The van der Waals surface area contributed by atoms with Crippen molar-refractivity contribution < 1.29 is 0 Å². The summed E-state index contributed by atoms with van der Waals surface area (Å²) < 4.78 is 0. The van der Waals surface area contributed by atoms with Crippen molar-refractivity contribution in [3.63, 3.8) is 0 Å². The second-order valence-corrected chi connectivity index (χ2v) is 6.04. The number of nitrogens with zero attached hydrogens (tertiary/aromatic N) is 1. The minimum atomic E-state index is 0.418.